The van der Waals surface area contributed by atoms with Crippen molar-refractivity contribution in [1.82, 2.24) is 4.98 Å². The number of hydrogen-bond donors (Lipinski definition) is 1. The molecule has 0 saturated carbocycles. The van der Waals surface area contributed by atoms with Gasteiger partial charge in [-0.15, -0.1) is 0 Å². The van der Waals surface area contributed by atoms with Crippen LogP contribution in [-0.2, 0) is 0 Å². The fourth-order valence-corrected chi connectivity index (χ4v) is 2.84. The molecule has 1 heterocycles. The van der Waals surface area contributed by atoms with Crippen LogP contribution in [0.4, 0.5) is 22.7 Å². The number of rotatable bonds is 6. The Morgan fingerprint density at radius 2 is 1.63 bits per heavy atom. The minimum Gasteiger partial charge on any atom is -0.378 e. The molecular weight excluding hydrogens is 336 g/mol. The predicted octanol–water partition coefficient (Wildman–Crippen LogP) is 4.56. The van der Waals surface area contributed by atoms with Crippen LogP contribution >= 0.6 is 0 Å². The molecule has 0 spiro atoms. The standard InChI is InChI=1S/C22H24N4O/c1-4-26(21-8-6-5-7-9-21)22(27)17-14-19(16-23-15-17)24-18-10-12-20(13-11-18)25(2)3/h5-16,24H,4H2,1-3H3. The monoisotopic (exact) mass is 360 g/mol. The molecule has 0 atom stereocenters. The molecule has 0 fully saturated rings. The van der Waals surface area contributed by atoms with Crippen molar-refractivity contribution < 1.29 is 4.79 Å². The summed E-state index contributed by atoms with van der Waals surface area (Å²) in [6, 6.07) is 19.6. The zero-order valence-corrected chi connectivity index (χ0v) is 15.9. The Morgan fingerprint density at radius 1 is 0.926 bits per heavy atom. The van der Waals surface area contributed by atoms with Gasteiger partial charge in [-0.3, -0.25) is 9.78 Å². The number of carbonyl (C=O) groups excluding carboxylic acids is 1. The van der Waals surface area contributed by atoms with Crippen LogP contribution in [0.2, 0.25) is 0 Å². The highest BCUT2D eigenvalue weighted by molar-refractivity contribution is 6.06. The van der Waals surface area contributed by atoms with E-state index in [2.05, 4.69) is 10.3 Å². The number of anilines is 4. The number of aromatic nitrogens is 1. The molecule has 2 aromatic carbocycles. The Bertz CT molecular complexity index is 892. The Morgan fingerprint density at radius 3 is 2.26 bits per heavy atom. The lowest BCUT2D eigenvalue weighted by Gasteiger charge is -2.21. The van der Waals surface area contributed by atoms with Gasteiger partial charge in [0, 0.05) is 43.9 Å². The second kappa shape index (κ2) is 8.36. The van der Waals surface area contributed by atoms with E-state index in [-0.39, 0.29) is 5.91 Å². The van der Waals surface area contributed by atoms with Gasteiger partial charge in [-0.2, -0.15) is 0 Å². The summed E-state index contributed by atoms with van der Waals surface area (Å²) in [7, 11) is 4.02. The number of benzene rings is 2. The first kappa shape index (κ1) is 18.5. The fourth-order valence-electron chi connectivity index (χ4n) is 2.84. The Hall–Kier alpha value is -3.34. The average Bonchev–Trinajstić information content (AvgIpc) is 2.70. The van der Waals surface area contributed by atoms with Gasteiger partial charge in [0.05, 0.1) is 17.4 Å². The Balaban J connectivity index is 1.79. The third-order valence-corrected chi connectivity index (χ3v) is 4.29. The van der Waals surface area contributed by atoms with Gasteiger partial charge >= 0.3 is 0 Å². The molecule has 5 nitrogen and oxygen atoms in total. The fraction of sp³-hybridized carbons (Fsp3) is 0.182. The molecule has 1 aromatic heterocycles. The summed E-state index contributed by atoms with van der Waals surface area (Å²) >= 11 is 0. The molecule has 5 heteroatoms. The van der Waals surface area contributed by atoms with Gasteiger partial charge in [0.15, 0.2) is 0 Å². The molecule has 1 amide bonds. The summed E-state index contributed by atoms with van der Waals surface area (Å²) < 4.78 is 0. The van der Waals surface area contributed by atoms with Gasteiger partial charge < -0.3 is 15.1 Å². The third kappa shape index (κ3) is 4.44. The number of amides is 1. The van der Waals surface area contributed by atoms with Crippen molar-refractivity contribution in [3.05, 3.63) is 78.6 Å². The minimum absolute atomic E-state index is 0.0668. The maximum Gasteiger partial charge on any atom is 0.259 e. The predicted molar refractivity (Wildman–Crippen MR) is 112 cm³/mol. The number of para-hydroxylation sites is 1. The average molecular weight is 360 g/mol. The zero-order chi connectivity index (χ0) is 19.2. The first-order chi connectivity index (χ1) is 13.1. The first-order valence-electron chi connectivity index (χ1n) is 8.95. The second-order valence-electron chi connectivity index (χ2n) is 6.41. The van der Waals surface area contributed by atoms with Crippen molar-refractivity contribution >= 4 is 28.7 Å². The summed E-state index contributed by atoms with van der Waals surface area (Å²) in [5.74, 6) is -0.0668. The first-order valence-corrected chi connectivity index (χ1v) is 8.95. The lowest BCUT2D eigenvalue weighted by atomic mass is 10.2. The van der Waals surface area contributed by atoms with Crippen molar-refractivity contribution in [2.75, 3.05) is 35.8 Å². The highest BCUT2D eigenvalue weighted by Gasteiger charge is 2.16. The molecular formula is C22H24N4O. The van der Waals surface area contributed by atoms with Crippen LogP contribution < -0.4 is 15.1 Å². The van der Waals surface area contributed by atoms with Crippen molar-refractivity contribution in [3.63, 3.8) is 0 Å². The molecule has 0 aliphatic heterocycles. The molecule has 1 N–H and O–H groups in total. The van der Waals surface area contributed by atoms with Crippen molar-refractivity contribution in [3.8, 4) is 0 Å². The van der Waals surface area contributed by atoms with E-state index < -0.39 is 0 Å². The lowest BCUT2D eigenvalue weighted by molar-refractivity contribution is 0.0988. The Kier molecular flexibility index (Phi) is 5.71. The van der Waals surface area contributed by atoms with E-state index in [1.807, 2.05) is 86.6 Å². The minimum atomic E-state index is -0.0668. The van der Waals surface area contributed by atoms with Crippen molar-refractivity contribution in [2.24, 2.45) is 0 Å². The van der Waals surface area contributed by atoms with E-state index in [0.717, 1.165) is 22.7 Å². The van der Waals surface area contributed by atoms with Crippen LogP contribution in [0, 0.1) is 0 Å². The molecule has 0 aliphatic carbocycles. The Labute approximate surface area is 160 Å². The molecule has 27 heavy (non-hydrogen) atoms. The molecule has 0 bridgehead atoms. The van der Waals surface area contributed by atoms with E-state index in [9.17, 15) is 4.79 Å². The van der Waals surface area contributed by atoms with Gasteiger partial charge in [-0.1, -0.05) is 18.2 Å². The summed E-state index contributed by atoms with van der Waals surface area (Å²) in [4.78, 5) is 21.0. The lowest BCUT2D eigenvalue weighted by Crippen LogP contribution is -2.30. The van der Waals surface area contributed by atoms with E-state index in [0.29, 0.717) is 12.1 Å². The molecule has 0 saturated heterocycles. The van der Waals surface area contributed by atoms with E-state index in [1.54, 1.807) is 17.3 Å². The summed E-state index contributed by atoms with van der Waals surface area (Å²) in [5.41, 5.74) is 4.28. The molecule has 3 aromatic rings. The quantitative estimate of drug-likeness (QED) is 0.700. The molecule has 0 radical (unpaired) electrons. The van der Waals surface area contributed by atoms with E-state index in [4.69, 9.17) is 0 Å². The van der Waals surface area contributed by atoms with Gasteiger partial charge in [0.1, 0.15) is 0 Å². The van der Waals surface area contributed by atoms with Crippen molar-refractivity contribution in [1.29, 1.82) is 0 Å². The van der Waals surface area contributed by atoms with Crippen LogP contribution in [0.1, 0.15) is 17.3 Å². The molecule has 0 aliphatic rings. The van der Waals surface area contributed by atoms with Gasteiger partial charge in [0.25, 0.3) is 5.91 Å². The highest BCUT2D eigenvalue weighted by atomic mass is 16.2. The summed E-state index contributed by atoms with van der Waals surface area (Å²) in [6.45, 7) is 2.55. The van der Waals surface area contributed by atoms with Crippen molar-refractivity contribution in [2.45, 2.75) is 6.92 Å². The molecule has 138 valence electrons. The van der Waals surface area contributed by atoms with Crippen LogP contribution in [0.15, 0.2) is 73.1 Å². The maximum atomic E-state index is 13.0. The third-order valence-electron chi connectivity index (χ3n) is 4.29. The number of hydrogen-bond acceptors (Lipinski definition) is 4. The number of nitrogens with one attached hydrogen (secondary N) is 1. The number of carbonyl (C=O) groups is 1. The van der Waals surface area contributed by atoms with Gasteiger partial charge in [-0.25, -0.2) is 0 Å². The normalized spacial score (nSPS) is 10.3. The summed E-state index contributed by atoms with van der Waals surface area (Å²) in [6.07, 6.45) is 3.32. The SMILES string of the molecule is CCN(C(=O)c1cncc(Nc2ccc(N(C)C)cc2)c1)c1ccccc1. The molecule has 0 unspecified atom stereocenters. The van der Waals surface area contributed by atoms with E-state index in [1.165, 1.54) is 0 Å². The van der Waals surface area contributed by atoms with Gasteiger partial charge in [0.2, 0.25) is 0 Å². The van der Waals surface area contributed by atoms with Crippen LogP contribution in [0.5, 0.6) is 0 Å². The second-order valence-corrected chi connectivity index (χ2v) is 6.41. The number of nitrogens with zero attached hydrogens (tertiary/aromatic N) is 3. The van der Waals surface area contributed by atoms with Crippen LogP contribution in [-0.4, -0.2) is 31.5 Å². The van der Waals surface area contributed by atoms with E-state index >= 15 is 0 Å². The maximum absolute atomic E-state index is 13.0. The van der Waals surface area contributed by atoms with Crippen LogP contribution in [0.25, 0.3) is 0 Å². The topological polar surface area (TPSA) is 48.5 Å². The van der Waals surface area contributed by atoms with Crippen LogP contribution in [0.3, 0.4) is 0 Å². The number of pyridine rings is 1. The zero-order valence-electron chi connectivity index (χ0n) is 15.9. The van der Waals surface area contributed by atoms with Gasteiger partial charge in [-0.05, 0) is 49.4 Å². The molecule has 3 rings (SSSR count). The highest BCUT2D eigenvalue weighted by Crippen LogP contribution is 2.22. The smallest absolute Gasteiger partial charge is 0.259 e. The largest absolute Gasteiger partial charge is 0.378 e. The summed E-state index contributed by atoms with van der Waals surface area (Å²) in [5, 5.41) is 3.31.